The lowest BCUT2D eigenvalue weighted by molar-refractivity contribution is -0.145. The van der Waals surface area contributed by atoms with Crippen molar-refractivity contribution in [2.24, 2.45) is 5.92 Å². The van der Waals surface area contributed by atoms with Crippen molar-refractivity contribution in [3.05, 3.63) is 58.5 Å². The first-order valence-corrected chi connectivity index (χ1v) is 7.96. The monoisotopic (exact) mass is 379 g/mol. The summed E-state index contributed by atoms with van der Waals surface area (Å²) in [6.07, 6.45) is 1.56. The highest BCUT2D eigenvalue weighted by Gasteiger charge is 2.24. The van der Waals surface area contributed by atoms with Gasteiger partial charge in [-0.2, -0.15) is 0 Å². The summed E-state index contributed by atoms with van der Waals surface area (Å²) in [4.78, 5) is 26.1. The fourth-order valence-corrected chi connectivity index (χ4v) is 2.68. The van der Waals surface area contributed by atoms with E-state index in [1.165, 1.54) is 7.11 Å². The zero-order valence-corrected chi connectivity index (χ0v) is 14.6. The van der Waals surface area contributed by atoms with E-state index in [0.29, 0.717) is 15.8 Å². The lowest BCUT2D eigenvalue weighted by Crippen LogP contribution is -2.37. The largest absolute Gasteiger partial charge is 0.469 e. The minimum Gasteiger partial charge on any atom is -0.469 e. The van der Waals surface area contributed by atoms with Crippen LogP contribution in [0.15, 0.2) is 51.6 Å². The summed E-state index contributed by atoms with van der Waals surface area (Å²) >= 11 is 3.39. The third-order valence-electron chi connectivity index (χ3n) is 3.42. The molecule has 1 atom stereocenters. The van der Waals surface area contributed by atoms with Gasteiger partial charge in [0.25, 0.3) is 5.91 Å². The van der Waals surface area contributed by atoms with Crippen molar-refractivity contribution in [1.29, 1.82) is 0 Å². The number of nitrogens with zero attached hydrogens (tertiary/aromatic N) is 1. The summed E-state index contributed by atoms with van der Waals surface area (Å²) in [5.74, 6) is -0.303. The summed E-state index contributed by atoms with van der Waals surface area (Å²) in [6.45, 7) is 2.26. The highest BCUT2D eigenvalue weighted by molar-refractivity contribution is 9.10. The Morgan fingerprint density at radius 2 is 2.00 bits per heavy atom. The summed E-state index contributed by atoms with van der Waals surface area (Å²) < 4.78 is 10.8. The van der Waals surface area contributed by atoms with E-state index in [4.69, 9.17) is 9.15 Å². The zero-order valence-electron chi connectivity index (χ0n) is 13.0. The van der Waals surface area contributed by atoms with E-state index >= 15 is 0 Å². The molecule has 0 aliphatic carbocycles. The van der Waals surface area contributed by atoms with Crippen molar-refractivity contribution in [3.63, 3.8) is 0 Å². The number of esters is 1. The molecule has 122 valence electrons. The van der Waals surface area contributed by atoms with Crippen molar-refractivity contribution in [3.8, 4) is 0 Å². The molecule has 1 amide bonds. The smallest absolute Gasteiger partial charge is 0.310 e. The van der Waals surface area contributed by atoms with Gasteiger partial charge in [-0.25, -0.2) is 0 Å². The molecule has 0 aliphatic heterocycles. The molecule has 1 aromatic heterocycles. The van der Waals surface area contributed by atoms with Crippen molar-refractivity contribution in [1.82, 2.24) is 4.90 Å². The number of hydrogen-bond acceptors (Lipinski definition) is 4. The first-order valence-electron chi connectivity index (χ1n) is 7.17. The number of amides is 1. The van der Waals surface area contributed by atoms with Gasteiger partial charge in [0, 0.05) is 11.0 Å². The van der Waals surface area contributed by atoms with Crippen LogP contribution in [0.25, 0.3) is 0 Å². The Morgan fingerprint density at radius 1 is 1.26 bits per heavy atom. The second-order valence-corrected chi connectivity index (χ2v) is 6.02. The molecule has 1 unspecified atom stereocenters. The van der Waals surface area contributed by atoms with Gasteiger partial charge in [0.15, 0.2) is 0 Å². The molecule has 0 N–H and O–H groups in total. The summed E-state index contributed by atoms with van der Waals surface area (Å²) in [5.41, 5.74) is 0.538. The van der Waals surface area contributed by atoms with Crippen molar-refractivity contribution in [2.45, 2.75) is 13.5 Å². The summed E-state index contributed by atoms with van der Waals surface area (Å²) in [7, 11) is 1.34. The fraction of sp³-hybridized carbons (Fsp3) is 0.294. The second kappa shape index (κ2) is 7.97. The van der Waals surface area contributed by atoms with Gasteiger partial charge >= 0.3 is 5.97 Å². The predicted molar refractivity (Wildman–Crippen MR) is 88.8 cm³/mol. The van der Waals surface area contributed by atoms with Crippen LogP contribution in [-0.4, -0.2) is 30.4 Å². The van der Waals surface area contributed by atoms with Crippen LogP contribution in [0.5, 0.6) is 0 Å². The van der Waals surface area contributed by atoms with Gasteiger partial charge < -0.3 is 14.1 Å². The van der Waals surface area contributed by atoms with Gasteiger partial charge in [0.05, 0.1) is 31.4 Å². The Labute approximate surface area is 143 Å². The maximum absolute atomic E-state index is 12.8. The van der Waals surface area contributed by atoms with E-state index in [-0.39, 0.29) is 25.0 Å². The number of hydrogen-bond donors (Lipinski definition) is 0. The Bertz CT molecular complexity index is 669. The second-order valence-electron chi connectivity index (χ2n) is 5.17. The van der Waals surface area contributed by atoms with Crippen molar-refractivity contribution < 1.29 is 18.7 Å². The molecule has 0 radical (unpaired) electrons. The summed E-state index contributed by atoms with van der Waals surface area (Å²) in [5, 5.41) is 0. The molecule has 0 fully saturated rings. The van der Waals surface area contributed by atoms with Gasteiger partial charge in [0.2, 0.25) is 0 Å². The zero-order chi connectivity index (χ0) is 16.8. The molecule has 5 nitrogen and oxygen atoms in total. The molecule has 1 heterocycles. The molecule has 0 spiro atoms. The molecule has 6 heteroatoms. The molecule has 0 saturated carbocycles. The van der Waals surface area contributed by atoms with Crippen LogP contribution in [0.1, 0.15) is 23.0 Å². The molecule has 0 saturated heterocycles. The molecular formula is C17H18BrNO4. The fourth-order valence-electron chi connectivity index (χ4n) is 2.22. The Balaban J connectivity index is 2.23. The number of benzene rings is 1. The third kappa shape index (κ3) is 4.45. The third-order valence-corrected chi connectivity index (χ3v) is 4.11. The molecular weight excluding hydrogens is 362 g/mol. The average molecular weight is 380 g/mol. The minimum atomic E-state index is -0.429. The van der Waals surface area contributed by atoms with Gasteiger partial charge in [-0.3, -0.25) is 9.59 Å². The molecule has 2 rings (SSSR count). The van der Waals surface area contributed by atoms with Gasteiger partial charge in [-0.1, -0.05) is 19.1 Å². The molecule has 0 aliphatic rings. The Hall–Kier alpha value is -2.08. The number of carbonyl (C=O) groups is 2. The maximum Gasteiger partial charge on any atom is 0.310 e. The van der Waals surface area contributed by atoms with Gasteiger partial charge in [0.1, 0.15) is 5.76 Å². The number of carbonyl (C=O) groups excluding carboxylic acids is 2. The van der Waals surface area contributed by atoms with E-state index in [1.54, 1.807) is 42.4 Å². The highest BCUT2D eigenvalue weighted by Crippen LogP contribution is 2.20. The van der Waals surface area contributed by atoms with Gasteiger partial charge in [-0.15, -0.1) is 0 Å². The standard InChI is InChI=1S/C17H18BrNO4/c1-12(17(21)22-2)10-19(11-13-6-5-9-23-13)16(20)14-7-3-4-8-15(14)18/h3-9,12H,10-11H2,1-2H3. The Kier molecular flexibility index (Phi) is 5.98. The number of methoxy groups -OCH3 is 1. The molecule has 23 heavy (non-hydrogen) atoms. The van der Waals surface area contributed by atoms with Crippen molar-refractivity contribution >= 4 is 27.8 Å². The number of halogens is 1. The Morgan fingerprint density at radius 3 is 2.61 bits per heavy atom. The SMILES string of the molecule is COC(=O)C(C)CN(Cc1ccco1)C(=O)c1ccccc1Br. The molecule has 2 aromatic rings. The average Bonchev–Trinajstić information content (AvgIpc) is 3.06. The van der Waals surface area contributed by atoms with Gasteiger partial charge in [-0.05, 0) is 40.2 Å². The maximum atomic E-state index is 12.8. The van der Waals surface area contributed by atoms with E-state index in [0.717, 1.165) is 0 Å². The molecule has 1 aromatic carbocycles. The summed E-state index contributed by atoms with van der Waals surface area (Å²) in [6, 6.07) is 10.7. The molecule has 0 bridgehead atoms. The van der Waals surface area contributed by atoms with Crippen LogP contribution < -0.4 is 0 Å². The van der Waals surface area contributed by atoms with Crippen LogP contribution in [0.2, 0.25) is 0 Å². The van der Waals surface area contributed by atoms with E-state index in [2.05, 4.69) is 15.9 Å². The van der Waals surface area contributed by atoms with Crippen LogP contribution >= 0.6 is 15.9 Å². The van der Waals surface area contributed by atoms with Crippen LogP contribution in [-0.2, 0) is 16.1 Å². The predicted octanol–water partition coefficient (Wildman–Crippen LogP) is 3.49. The van der Waals surface area contributed by atoms with Crippen LogP contribution in [0.3, 0.4) is 0 Å². The lowest BCUT2D eigenvalue weighted by Gasteiger charge is -2.24. The number of rotatable bonds is 6. The number of furan rings is 1. The first kappa shape index (κ1) is 17.3. The topological polar surface area (TPSA) is 59.8 Å². The highest BCUT2D eigenvalue weighted by atomic mass is 79.9. The van der Waals surface area contributed by atoms with E-state index < -0.39 is 5.92 Å². The number of ether oxygens (including phenoxy) is 1. The van der Waals surface area contributed by atoms with Crippen LogP contribution in [0, 0.1) is 5.92 Å². The normalized spacial score (nSPS) is 11.8. The van der Waals surface area contributed by atoms with Crippen LogP contribution in [0.4, 0.5) is 0 Å². The lowest BCUT2D eigenvalue weighted by atomic mass is 10.1. The van der Waals surface area contributed by atoms with E-state index in [9.17, 15) is 9.59 Å². The minimum absolute atomic E-state index is 0.176. The van der Waals surface area contributed by atoms with Crippen molar-refractivity contribution in [2.75, 3.05) is 13.7 Å². The quantitative estimate of drug-likeness (QED) is 0.720. The first-order chi connectivity index (χ1) is 11.0. The van der Waals surface area contributed by atoms with E-state index in [1.807, 2.05) is 12.1 Å².